The first-order valence-electron chi connectivity index (χ1n) is 5.86. The Kier molecular flexibility index (Phi) is 3.98. The molecule has 9 heteroatoms. The first kappa shape index (κ1) is 14.8. The van der Waals surface area contributed by atoms with Gasteiger partial charge in [0.1, 0.15) is 5.76 Å². The van der Waals surface area contributed by atoms with Crippen LogP contribution < -0.4 is 5.32 Å². The van der Waals surface area contributed by atoms with Gasteiger partial charge in [-0.2, -0.15) is 13.2 Å². The maximum Gasteiger partial charge on any atom is 0.445 e. The van der Waals surface area contributed by atoms with Gasteiger partial charge in [-0.25, -0.2) is 0 Å². The van der Waals surface area contributed by atoms with E-state index < -0.39 is 11.2 Å². The lowest BCUT2D eigenvalue weighted by Gasteiger charge is -2.11. The van der Waals surface area contributed by atoms with Crippen molar-refractivity contribution < 1.29 is 17.7 Å². The largest absolute Gasteiger partial charge is 0.445 e. The summed E-state index contributed by atoms with van der Waals surface area (Å²) in [5.41, 5.74) is 1.73. The summed E-state index contributed by atoms with van der Waals surface area (Å²) in [6.07, 6.45) is -3.87. The van der Waals surface area contributed by atoms with Crippen molar-refractivity contribution in [3.05, 3.63) is 22.0 Å². The zero-order valence-corrected chi connectivity index (χ0v) is 11.9. The van der Waals surface area contributed by atoms with E-state index in [4.69, 9.17) is 4.52 Å². The van der Waals surface area contributed by atoms with Crippen molar-refractivity contribution in [1.82, 2.24) is 15.4 Å². The number of anilines is 1. The molecule has 0 fully saturated rings. The third-order valence-corrected chi connectivity index (χ3v) is 3.63. The topological polar surface area (TPSA) is 63.8 Å². The fraction of sp³-hybridized carbons (Fsp3) is 0.545. The van der Waals surface area contributed by atoms with Crippen molar-refractivity contribution in [2.75, 3.05) is 5.32 Å². The van der Waals surface area contributed by atoms with E-state index in [9.17, 15) is 13.2 Å². The molecule has 0 spiro atoms. The summed E-state index contributed by atoms with van der Waals surface area (Å²) in [4.78, 5) is 0. The minimum absolute atomic E-state index is 0.110. The van der Waals surface area contributed by atoms with E-state index in [1.165, 1.54) is 0 Å². The van der Waals surface area contributed by atoms with E-state index in [1.807, 2.05) is 13.8 Å². The molecule has 0 aromatic carbocycles. The molecule has 1 unspecified atom stereocenters. The molecule has 2 heterocycles. The number of rotatable bonds is 4. The molecule has 0 saturated heterocycles. The summed E-state index contributed by atoms with van der Waals surface area (Å²) in [5.74, 6) is 0.712. The smallest absolute Gasteiger partial charge is 0.361 e. The Balaban J connectivity index is 2.02. The highest BCUT2D eigenvalue weighted by molar-refractivity contribution is 7.15. The van der Waals surface area contributed by atoms with Crippen LogP contribution in [0.1, 0.15) is 28.9 Å². The molecule has 0 saturated carbocycles. The van der Waals surface area contributed by atoms with Gasteiger partial charge in [0.2, 0.25) is 10.1 Å². The summed E-state index contributed by atoms with van der Waals surface area (Å²) < 4.78 is 42.3. The molecule has 0 amide bonds. The van der Waals surface area contributed by atoms with Crippen LogP contribution in [0.15, 0.2) is 4.52 Å². The highest BCUT2D eigenvalue weighted by atomic mass is 32.1. The van der Waals surface area contributed by atoms with Crippen LogP contribution in [-0.2, 0) is 12.6 Å². The predicted octanol–water partition coefficient (Wildman–Crippen LogP) is 3.20. The Morgan fingerprint density at radius 2 is 2.00 bits per heavy atom. The fourth-order valence-corrected chi connectivity index (χ4v) is 2.48. The lowest BCUT2D eigenvalue weighted by atomic mass is 10.1. The van der Waals surface area contributed by atoms with Crippen LogP contribution in [0.3, 0.4) is 0 Å². The Morgan fingerprint density at radius 1 is 1.30 bits per heavy atom. The molecule has 1 N–H and O–H groups in total. The average Bonchev–Trinajstić information content (AvgIpc) is 2.90. The van der Waals surface area contributed by atoms with Crippen LogP contribution in [0.4, 0.5) is 18.3 Å². The van der Waals surface area contributed by atoms with E-state index in [-0.39, 0.29) is 11.2 Å². The van der Waals surface area contributed by atoms with Gasteiger partial charge in [-0.1, -0.05) is 16.5 Å². The monoisotopic (exact) mass is 306 g/mol. The zero-order valence-electron chi connectivity index (χ0n) is 11.1. The summed E-state index contributed by atoms with van der Waals surface area (Å²) >= 11 is 0.492. The number of hydrogen-bond acceptors (Lipinski definition) is 6. The summed E-state index contributed by atoms with van der Waals surface area (Å²) in [7, 11) is 0. The van der Waals surface area contributed by atoms with Crippen molar-refractivity contribution in [2.45, 2.75) is 39.4 Å². The fourth-order valence-electron chi connectivity index (χ4n) is 1.76. The third-order valence-electron chi connectivity index (χ3n) is 2.73. The summed E-state index contributed by atoms with van der Waals surface area (Å²) in [6.45, 7) is 5.47. The SMILES string of the molecule is Cc1noc(C)c1CC(C)Nc1nnc(C(F)(F)F)s1. The molecule has 0 aliphatic heterocycles. The number of halogens is 3. The summed E-state index contributed by atoms with van der Waals surface area (Å²) in [5, 5.41) is 12.6. The number of hydrogen-bond donors (Lipinski definition) is 1. The van der Waals surface area contributed by atoms with Crippen LogP contribution in [0, 0.1) is 13.8 Å². The lowest BCUT2D eigenvalue weighted by Crippen LogP contribution is -2.18. The molecule has 0 radical (unpaired) electrons. The Labute approximate surface area is 117 Å². The number of nitrogens with one attached hydrogen (secondary N) is 1. The molecule has 5 nitrogen and oxygen atoms in total. The molecule has 0 bridgehead atoms. The first-order chi connectivity index (χ1) is 9.27. The quantitative estimate of drug-likeness (QED) is 0.939. The van der Waals surface area contributed by atoms with Gasteiger partial charge in [-0.05, 0) is 27.2 Å². The Hall–Kier alpha value is -1.64. The van der Waals surface area contributed by atoms with Crippen molar-refractivity contribution in [2.24, 2.45) is 0 Å². The Morgan fingerprint density at radius 3 is 2.50 bits per heavy atom. The van der Waals surface area contributed by atoms with Crippen molar-refractivity contribution in [3.8, 4) is 0 Å². The number of alkyl halides is 3. The van der Waals surface area contributed by atoms with Gasteiger partial charge in [0.05, 0.1) is 5.69 Å². The lowest BCUT2D eigenvalue weighted by molar-refractivity contribution is -0.138. The molecule has 0 aliphatic carbocycles. The molecular formula is C11H13F3N4OS. The standard InChI is InChI=1S/C11H13F3N4OS/c1-5(4-8-6(2)18-19-7(8)3)15-10-17-16-9(20-10)11(12,13)14/h5H,4H2,1-3H3,(H,15,17). The van der Waals surface area contributed by atoms with Crippen LogP contribution in [0.25, 0.3) is 0 Å². The van der Waals surface area contributed by atoms with Gasteiger partial charge in [-0.3, -0.25) is 0 Å². The van der Waals surface area contributed by atoms with Gasteiger partial charge in [0.15, 0.2) is 0 Å². The minimum Gasteiger partial charge on any atom is -0.361 e. The molecular weight excluding hydrogens is 293 g/mol. The molecule has 2 aromatic rings. The number of nitrogens with zero attached hydrogens (tertiary/aromatic N) is 3. The second kappa shape index (κ2) is 5.39. The summed E-state index contributed by atoms with van der Waals surface area (Å²) in [6, 6.07) is -0.110. The van der Waals surface area contributed by atoms with E-state index in [2.05, 4.69) is 20.7 Å². The van der Waals surface area contributed by atoms with Crippen molar-refractivity contribution in [1.29, 1.82) is 0 Å². The van der Waals surface area contributed by atoms with E-state index in [0.29, 0.717) is 23.5 Å². The maximum atomic E-state index is 12.4. The van der Waals surface area contributed by atoms with Gasteiger partial charge in [0.25, 0.3) is 0 Å². The molecule has 110 valence electrons. The van der Waals surface area contributed by atoms with Crippen molar-refractivity contribution >= 4 is 16.5 Å². The maximum absolute atomic E-state index is 12.4. The molecule has 0 aliphatic rings. The molecule has 2 rings (SSSR count). The normalized spacial score (nSPS) is 13.5. The van der Waals surface area contributed by atoms with Crippen LogP contribution in [-0.4, -0.2) is 21.4 Å². The first-order valence-corrected chi connectivity index (χ1v) is 6.68. The van der Waals surface area contributed by atoms with E-state index >= 15 is 0 Å². The highest BCUT2D eigenvalue weighted by Gasteiger charge is 2.35. The van der Waals surface area contributed by atoms with Gasteiger partial charge < -0.3 is 9.84 Å². The van der Waals surface area contributed by atoms with E-state index in [1.54, 1.807) is 6.92 Å². The third kappa shape index (κ3) is 3.27. The molecule has 20 heavy (non-hydrogen) atoms. The van der Waals surface area contributed by atoms with E-state index in [0.717, 1.165) is 11.3 Å². The predicted molar refractivity (Wildman–Crippen MR) is 67.7 cm³/mol. The zero-order chi connectivity index (χ0) is 14.9. The van der Waals surface area contributed by atoms with Gasteiger partial charge in [-0.15, -0.1) is 10.2 Å². The molecule has 1 atom stereocenters. The second-order valence-electron chi connectivity index (χ2n) is 4.46. The number of aryl methyl sites for hydroxylation is 2. The van der Waals surface area contributed by atoms with Gasteiger partial charge in [0, 0.05) is 11.6 Å². The minimum atomic E-state index is -4.46. The van der Waals surface area contributed by atoms with Crippen LogP contribution in [0.2, 0.25) is 0 Å². The Bertz CT molecular complexity index is 573. The molecule has 2 aromatic heterocycles. The van der Waals surface area contributed by atoms with Crippen LogP contribution >= 0.6 is 11.3 Å². The number of aromatic nitrogens is 3. The van der Waals surface area contributed by atoms with Crippen molar-refractivity contribution in [3.63, 3.8) is 0 Å². The van der Waals surface area contributed by atoms with Gasteiger partial charge >= 0.3 is 6.18 Å². The highest BCUT2D eigenvalue weighted by Crippen LogP contribution is 2.33. The second-order valence-corrected chi connectivity index (χ2v) is 5.44. The van der Waals surface area contributed by atoms with Crippen LogP contribution in [0.5, 0.6) is 0 Å². The average molecular weight is 306 g/mol.